The molecule has 146 valence electrons. The Kier molecular flexibility index (Phi) is 6.24. The zero-order chi connectivity index (χ0) is 20.1. The van der Waals surface area contributed by atoms with E-state index in [1.807, 2.05) is 37.3 Å². The maximum absolute atomic E-state index is 13.4. The van der Waals surface area contributed by atoms with Crippen LogP contribution in [-0.2, 0) is 16.0 Å². The van der Waals surface area contributed by atoms with E-state index in [9.17, 15) is 19.1 Å². The van der Waals surface area contributed by atoms with Crippen molar-refractivity contribution in [2.24, 2.45) is 0 Å². The lowest BCUT2D eigenvalue weighted by molar-refractivity contribution is -0.129. The number of aliphatic hydroxyl groups excluding tert-OH is 1. The number of hydrogen-bond acceptors (Lipinski definition) is 3. The number of hydrogen-bond donors (Lipinski definition) is 1. The lowest BCUT2D eigenvalue weighted by Crippen LogP contribution is -2.32. The molecular formula is C23H24FNO3. The minimum Gasteiger partial charge on any atom is -0.503 e. The number of unbranched alkanes of at least 4 members (excludes halogenated alkanes) is 1. The van der Waals surface area contributed by atoms with E-state index in [2.05, 4.69) is 0 Å². The number of ketones is 1. The molecule has 0 spiro atoms. The average molecular weight is 381 g/mol. The first-order valence-electron chi connectivity index (χ1n) is 9.59. The molecule has 1 aliphatic heterocycles. The summed E-state index contributed by atoms with van der Waals surface area (Å²) in [5, 5.41) is 10.5. The van der Waals surface area contributed by atoms with Crippen molar-refractivity contribution in [3.05, 3.63) is 82.9 Å². The number of rotatable bonds is 8. The van der Waals surface area contributed by atoms with Gasteiger partial charge >= 0.3 is 0 Å². The molecule has 2 aromatic rings. The van der Waals surface area contributed by atoms with Crippen LogP contribution in [-0.4, -0.2) is 28.2 Å². The molecule has 1 heterocycles. The van der Waals surface area contributed by atoms with E-state index in [4.69, 9.17) is 0 Å². The van der Waals surface area contributed by atoms with Crippen molar-refractivity contribution < 1.29 is 19.1 Å². The van der Waals surface area contributed by atoms with Crippen LogP contribution in [0.25, 0.3) is 0 Å². The van der Waals surface area contributed by atoms with Crippen LogP contribution in [0.4, 0.5) is 4.39 Å². The summed E-state index contributed by atoms with van der Waals surface area (Å²) in [6, 6.07) is 14.7. The summed E-state index contributed by atoms with van der Waals surface area (Å²) in [6.45, 7) is 2.43. The molecule has 5 heteroatoms. The van der Waals surface area contributed by atoms with Crippen molar-refractivity contribution in [2.45, 2.75) is 38.6 Å². The monoisotopic (exact) mass is 381 g/mol. The summed E-state index contributed by atoms with van der Waals surface area (Å²) >= 11 is 0. The molecule has 28 heavy (non-hydrogen) atoms. The van der Waals surface area contributed by atoms with Crippen LogP contribution in [0.15, 0.2) is 65.9 Å². The highest BCUT2D eigenvalue weighted by Crippen LogP contribution is 2.38. The molecule has 0 saturated heterocycles. The number of aryl methyl sites for hydroxylation is 1. The standard InChI is InChI=1S/C23H24FNO3/c1-2-3-15-25-21(17-10-12-18(24)13-11-17)20(22(27)23(25)28)19(26)14-9-16-7-5-4-6-8-16/h4-8,10-13,21,27H,2-3,9,14-15H2,1H3. The molecule has 0 aromatic heterocycles. The van der Waals surface area contributed by atoms with Crippen LogP contribution in [0.3, 0.4) is 0 Å². The van der Waals surface area contributed by atoms with Crippen molar-refractivity contribution in [3.63, 3.8) is 0 Å². The van der Waals surface area contributed by atoms with Crippen LogP contribution in [0.1, 0.15) is 43.4 Å². The zero-order valence-electron chi connectivity index (χ0n) is 15.9. The Morgan fingerprint density at radius 2 is 1.79 bits per heavy atom. The topological polar surface area (TPSA) is 57.6 Å². The molecule has 1 unspecified atom stereocenters. The fourth-order valence-electron chi connectivity index (χ4n) is 3.53. The number of carbonyl (C=O) groups is 2. The summed E-state index contributed by atoms with van der Waals surface area (Å²) in [5.41, 5.74) is 1.75. The summed E-state index contributed by atoms with van der Waals surface area (Å²) < 4.78 is 13.4. The van der Waals surface area contributed by atoms with E-state index in [0.29, 0.717) is 18.5 Å². The highest BCUT2D eigenvalue weighted by molar-refractivity contribution is 6.09. The van der Waals surface area contributed by atoms with Gasteiger partial charge in [0.05, 0.1) is 11.6 Å². The second-order valence-corrected chi connectivity index (χ2v) is 6.98. The van der Waals surface area contributed by atoms with Gasteiger partial charge < -0.3 is 10.0 Å². The number of carbonyl (C=O) groups excluding carboxylic acids is 2. The van der Waals surface area contributed by atoms with Crippen molar-refractivity contribution in [2.75, 3.05) is 6.54 Å². The van der Waals surface area contributed by atoms with Gasteiger partial charge in [0.15, 0.2) is 11.5 Å². The summed E-state index contributed by atoms with van der Waals surface area (Å²) in [6.07, 6.45) is 2.34. The summed E-state index contributed by atoms with van der Waals surface area (Å²) in [4.78, 5) is 27.1. The van der Waals surface area contributed by atoms with Crippen LogP contribution in [0.5, 0.6) is 0 Å². The highest BCUT2D eigenvalue weighted by atomic mass is 19.1. The Morgan fingerprint density at radius 1 is 1.11 bits per heavy atom. The lowest BCUT2D eigenvalue weighted by Gasteiger charge is -2.26. The molecule has 2 aromatic carbocycles. The van der Waals surface area contributed by atoms with Crippen LogP contribution in [0.2, 0.25) is 0 Å². The molecule has 1 atom stereocenters. The second kappa shape index (κ2) is 8.83. The summed E-state index contributed by atoms with van der Waals surface area (Å²) in [5.74, 6) is -1.67. The number of halogens is 1. The Balaban J connectivity index is 1.89. The van der Waals surface area contributed by atoms with Gasteiger partial charge in [0.2, 0.25) is 0 Å². The minimum absolute atomic E-state index is 0.114. The molecule has 0 aliphatic carbocycles. The van der Waals surface area contributed by atoms with Gasteiger partial charge in [-0.2, -0.15) is 0 Å². The largest absolute Gasteiger partial charge is 0.503 e. The van der Waals surface area contributed by atoms with Gasteiger partial charge in [0.25, 0.3) is 5.91 Å². The third kappa shape index (κ3) is 4.14. The van der Waals surface area contributed by atoms with Crippen molar-refractivity contribution in [1.29, 1.82) is 0 Å². The van der Waals surface area contributed by atoms with Gasteiger partial charge in [-0.25, -0.2) is 4.39 Å². The second-order valence-electron chi connectivity index (χ2n) is 6.98. The Bertz CT molecular complexity index is 874. The van der Waals surface area contributed by atoms with Gasteiger partial charge in [-0.1, -0.05) is 55.8 Å². The van der Waals surface area contributed by atoms with Crippen LogP contribution < -0.4 is 0 Å². The van der Waals surface area contributed by atoms with Crippen LogP contribution in [0, 0.1) is 5.82 Å². The first-order chi connectivity index (χ1) is 13.5. The first-order valence-corrected chi connectivity index (χ1v) is 9.59. The van der Waals surface area contributed by atoms with Gasteiger partial charge in [0.1, 0.15) is 5.82 Å². The quantitative estimate of drug-likeness (QED) is 0.731. The molecular weight excluding hydrogens is 357 g/mol. The Labute approximate surface area is 164 Å². The predicted molar refractivity (Wildman–Crippen MR) is 105 cm³/mol. The third-order valence-electron chi connectivity index (χ3n) is 5.03. The molecule has 1 aliphatic rings. The van der Waals surface area contributed by atoms with E-state index >= 15 is 0 Å². The summed E-state index contributed by atoms with van der Waals surface area (Å²) in [7, 11) is 0. The zero-order valence-corrected chi connectivity index (χ0v) is 15.9. The molecule has 1 amide bonds. The van der Waals surface area contributed by atoms with E-state index < -0.39 is 23.5 Å². The van der Waals surface area contributed by atoms with Gasteiger partial charge in [-0.05, 0) is 36.1 Å². The normalized spacial score (nSPS) is 16.7. The van der Waals surface area contributed by atoms with Crippen molar-refractivity contribution in [1.82, 2.24) is 4.90 Å². The van der Waals surface area contributed by atoms with E-state index in [-0.39, 0.29) is 17.8 Å². The molecule has 0 radical (unpaired) electrons. The van der Waals surface area contributed by atoms with Gasteiger partial charge in [-0.15, -0.1) is 0 Å². The third-order valence-corrected chi connectivity index (χ3v) is 5.03. The van der Waals surface area contributed by atoms with E-state index in [0.717, 1.165) is 18.4 Å². The molecule has 1 N–H and O–H groups in total. The fourth-order valence-corrected chi connectivity index (χ4v) is 3.53. The maximum atomic E-state index is 13.4. The SMILES string of the molecule is CCCCN1C(=O)C(O)=C(C(=O)CCc2ccccc2)C1c1ccc(F)cc1. The van der Waals surface area contributed by atoms with E-state index in [1.165, 1.54) is 17.0 Å². The minimum atomic E-state index is -0.678. The molecule has 3 rings (SSSR count). The number of Topliss-reactive ketones (excluding diaryl/α,β-unsaturated/α-hetero) is 1. The number of benzene rings is 2. The molecule has 0 saturated carbocycles. The number of aliphatic hydroxyl groups is 1. The Hall–Kier alpha value is -2.95. The van der Waals surface area contributed by atoms with Crippen LogP contribution >= 0.6 is 0 Å². The molecule has 0 fully saturated rings. The first kappa shape index (κ1) is 19.8. The predicted octanol–water partition coefficient (Wildman–Crippen LogP) is 4.52. The maximum Gasteiger partial charge on any atom is 0.290 e. The van der Waals surface area contributed by atoms with Gasteiger partial charge in [-0.3, -0.25) is 9.59 Å². The smallest absolute Gasteiger partial charge is 0.290 e. The highest BCUT2D eigenvalue weighted by Gasteiger charge is 2.42. The Morgan fingerprint density at radius 3 is 2.43 bits per heavy atom. The molecule has 0 bridgehead atoms. The lowest BCUT2D eigenvalue weighted by atomic mass is 9.93. The fraction of sp³-hybridized carbons (Fsp3) is 0.304. The number of nitrogens with zero attached hydrogens (tertiary/aromatic N) is 1. The number of amides is 1. The average Bonchev–Trinajstić information content (AvgIpc) is 2.96. The van der Waals surface area contributed by atoms with Gasteiger partial charge in [0, 0.05) is 13.0 Å². The van der Waals surface area contributed by atoms with E-state index in [1.54, 1.807) is 12.1 Å². The molecule has 4 nitrogen and oxygen atoms in total. The van der Waals surface area contributed by atoms with Crippen molar-refractivity contribution >= 4 is 11.7 Å². The van der Waals surface area contributed by atoms with Crippen molar-refractivity contribution in [3.8, 4) is 0 Å².